The number of benzene rings is 1. The molecule has 21 heavy (non-hydrogen) atoms. The molecular formula is C17H23BrN2O. The van der Waals surface area contributed by atoms with E-state index in [0.29, 0.717) is 12.5 Å². The molecule has 1 aromatic rings. The van der Waals surface area contributed by atoms with Crippen molar-refractivity contribution in [3.8, 4) is 0 Å². The molecular weight excluding hydrogens is 328 g/mol. The quantitative estimate of drug-likeness (QED) is 0.812. The Labute approximate surface area is 135 Å². The van der Waals surface area contributed by atoms with Gasteiger partial charge in [0, 0.05) is 17.2 Å². The standard InChI is InChI=1S/C17H23BrN2O/c18-16-8-4-7-15(13-16)10-12-20-17(21)19-11-9-14-5-2-1-3-6-14/h4,7-9,11,13-14H,1-3,5-6,10,12H2,(H2,19,20,21)/b11-9+. The zero-order valence-corrected chi connectivity index (χ0v) is 13.9. The van der Waals surface area contributed by atoms with Gasteiger partial charge in [0.15, 0.2) is 0 Å². The molecule has 0 bridgehead atoms. The maximum absolute atomic E-state index is 11.7. The van der Waals surface area contributed by atoms with Crippen LogP contribution in [0.2, 0.25) is 0 Å². The lowest BCUT2D eigenvalue weighted by molar-refractivity contribution is 0.244. The van der Waals surface area contributed by atoms with Gasteiger partial charge in [-0.15, -0.1) is 0 Å². The molecule has 0 atom stereocenters. The van der Waals surface area contributed by atoms with Crippen LogP contribution in [0.25, 0.3) is 0 Å². The molecule has 0 saturated heterocycles. The first-order chi connectivity index (χ1) is 10.2. The number of carbonyl (C=O) groups is 1. The van der Waals surface area contributed by atoms with Crippen LogP contribution in [0.3, 0.4) is 0 Å². The minimum atomic E-state index is -0.128. The van der Waals surface area contributed by atoms with Crippen molar-refractivity contribution in [3.63, 3.8) is 0 Å². The molecule has 4 heteroatoms. The summed E-state index contributed by atoms with van der Waals surface area (Å²) in [4.78, 5) is 11.7. The Hall–Kier alpha value is -1.29. The number of hydrogen-bond donors (Lipinski definition) is 2. The SMILES string of the molecule is O=C(N/C=C/C1CCCCC1)NCCc1cccc(Br)c1. The third kappa shape index (κ3) is 6.34. The molecule has 0 unspecified atom stereocenters. The molecule has 1 aromatic carbocycles. The lowest BCUT2D eigenvalue weighted by Crippen LogP contribution is -2.33. The number of halogens is 1. The molecule has 2 rings (SSSR count). The van der Waals surface area contributed by atoms with E-state index in [0.717, 1.165) is 10.9 Å². The molecule has 0 heterocycles. The van der Waals surface area contributed by atoms with Gasteiger partial charge >= 0.3 is 6.03 Å². The van der Waals surface area contributed by atoms with Crippen molar-refractivity contribution in [1.29, 1.82) is 0 Å². The van der Waals surface area contributed by atoms with Gasteiger partial charge < -0.3 is 10.6 Å². The van der Waals surface area contributed by atoms with E-state index in [1.807, 2.05) is 12.1 Å². The van der Waals surface area contributed by atoms with Gasteiger partial charge in [-0.05, 0) is 42.9 Å². The number of carbonyl (C=O) groups excluding carboxylic acids is 1. The Morgan fingerprint density at radius 3 is 2.86 bits per heavy atom. The molecule has 1 aliphatic carbocycles. The maximum Gasteiger partial charge on any atom is 0.318 e. The summed E-state index contributed by atoms with van der Waals surface area (Å²) >= 11 is 3.45. The van der Waals surface area contributed by atoms with E-state index in [4.69, 9.17) is 0 Å². The molecule has 0 aromatic heterocycles. The normalized spacial score (nSPS) is 16.0. The number of hydrogen-bond acceptors (Lipinski definition) is 1. The van der Waals surface area contributed by atoms with Gasteiger partial charge in [-0.3, -0.25) is 0 Å². The smallest absolute Gasteiger partial charge is 0.318 e. The highest BCUT2D eigenvalue weighted by Crippen LogP contribution is 2.24. The largest absolute Gasteiger partial charge is 0.338 e. The van der Waals surface area contributed by atoms with Crippen molar-refractivity contribution in [2.45, 2.75) is 38.5 Å². The highest BCUT2D eigenvalue weighted by Gasteiger charge is 2.09. The highest BCUT2D eigenvalue weighted by molar-refractivity contribution is 9.10. The minimum Gasteiger partial charge on any atom is -0.338 e. The summed E-state index contributed by atoms with van der Waals surface area (Å²) in [5, 5.41) is 5.66. The van der Waals surface area contributed by atoms with E-state index in [-0.39, 0.29) is 6.03 Å². The molecule has 0 spiro atoms. The summed E-state index contributed by atoms with van der Waals surface area (Å²) in [6.45, 7) is 0.638. The van der Waals surface area contributed by atoms with Gasteiger partial charge in [-0.25, -0.2) is 4.79 Å². The number of rotatable bonds is 5. The van der Waals surface area contributed by atoms with Crippen LogP contribution in [-0.4, -0.2) is 12.6 Å². The van der Waals surface area contributed by atoms with Crippen LogP contribution in [0.4, 0.5) is 4.79 Å². The third-order valence-electron chi connectivity index (χ3n) is 3.82. The summed E-state index contributed by atoms with van der Waals surface area (Å²) < 4.78 is 1.07. The summed E-state index contributed by atoms with van der Waals surface area (Å²) in [6.07, 6.45) is 11.2. The Bertz CT molecular complexity index is 481. The third-order valence-corrected chi connectivity index (χ3v) is 4.31. The molecule has 2 amide bonds. The molecule has 1 aliphatic rings. The van der Waals surface area contributed by atoms with Gasteiger partial charge in [0.05, 0.1) is 0 Å². The van der Waals surface area contributed by atoms with E-state index >= 15 is 0 Å². The molecule has 3 nitrogen and oxygen atoms in total. The Kier molecular flexibility index (Phi) is 6.80. The fourth-order valence-corrected chi connectivity index (χ4v) is 3.10. The van der Waals surface area contributed by atoms with Crippen LogP contribution in [0, 0.1) is 5.92 Å². The van der Waals surface area contributed by atoms with Crippen LogP contribution in [0.15, 0.2) is 41.0 Å². The van der Waals surface area contributed by atoms with Gasteiger partial charge in [-0.1, -0.05) is 53.4 Å². The van der Waals surface area contributed by atoms with Crippen molar-refractivity contribution >= 4 is 22.0 Å². The Morgan fingerprint density at radius 1 is 1.29 bits per heavy atom. The van der Waals surface area contributed by atoms with E-state index in [1.54, 1.807) is 6.20 Å². The highest BCUT2D eigenvalue weighted by atomic mass is 79.9. The molecule has 0 radical (unpaired) electrons. The second-order valence-electron chi connectivity index (χ2n) is 5.54. The molecule has 0 aliphatic heterocycles. The van der Waals surface area contributed by atoms with Crippen LogP contribution in [-0.2, 0) is 6.42 Å². The van der Waals surface area contributed by atoms with Crippen molar-refractivity contribution < 1.29 is 4.79 Å². The zero-order valence-electron chi connectivity index (χ0n) is 12.3. The molecule has 1 fully saturated rings. The van der Waals surface area contributed by atoms with Gasteiger partial charge in [0.1, 0.15) is 0 Å². The average Bonchev–Trinajstić information content (AvgIpc) is 2.48. The second kappa shape index (κ2) is 8.88. The van der Waals surface area contributed by atoms with Crippen molar-refractivity contribution in [2.75, 3.05) is 6.54 Å². The van der Waals surface area contributed by atoms with Crippen molar-refractivity contribution in [3.05, 3.63) is 46.6 Å². The fourth-order valence-electron chi connectivity index (χ4n) is 2.65. The first kappa shape index (κ1) is 16.1. The predicted molar refractivity (Wildman–Crippen MR) is 90.1 cm³/mol. The number of amides is 2. The van der Waals surface area contributed by atoms with Gasteiger partial charge in [-0.2, -0.15) is 0 Å². The van der Waals surface area contributed by atoms with E-state index < -0.39 is 0 Å². The summed E-state index contributed by atoms with van der Waals surface area (Å²) in [5.74, 6) is 0.640. The predicted octanol–water partition coefficient (Wildman–Crippen LogP) is 4.38. The number of nitrogens with one attached hydrogen (secondary N) is 2. The van der Waals surface area contributed by atoms with Crippen LogP contribution < -0.4 is 10.6 Å². The monoisotopic (exact) mass is 350 g/mol. The molecule has 2 N–H and O–H groups in total. The Morgan fingerprint density at radius 2 is 2.10 bits per heavy atom. The van der Waals surface area contributed by atoms with E-state index in [1.165, 1.54) is 37.7 Å². The number of urea groups is 1. The van der Waals surface area contributed by atoms with E-state index in [9.17, 15) is 4.79 Å². The van der Waals surface area contributed by atoms with Gasteiger partial charge in [0.2, 0.25) is 0 Å². The second-order valence-corrected chi connectivity index (χ2v) is 6.45. The molecule has 1 saturated carbocycles. The van der Waals surface area contributed by atoms with Crippen molar-refractivity contribution in [1.82, 2.24) is 10.6 Å². The van der Waals surface area contributed by atoms with Crippen LogP contribution in [0.1, 0.15) is 37.7 Å². The van der Waals surface area contributed by atoms with Crippen LogP contribution in [0.5, 0.6) is 0 Å². The minimum absolute atomic E-state index is 0.128. The summed E-state index contributed by atoms with van der Waals surface area (Å²) in [7, 11) is 0. The maximum atomic E-state index is 11.7. The first-order valence-electron chi connectivity index (χ1n) is 7.69. The van der Waals surface area contributed by atoms with Crippen molar-refractivity contribution in [2.24, 2.45) is 5.92 Å². The van der Waals surface area contributed by atoms with Gasteiger partial charge in [0.25, 0.3) is 0 Å². The topological polar surface area (TPSA) is 41.1 Å². The fraction of sp³-hybridized carbons (Fsp3) is 0.471. The average molecular weight is 351 g/mol. The van der Waals surface area contributed by atoms with Crippen LogP contribution >= 0.6 is 15.9 Å². The lowest BCUT2D eigenvalue weighted by Gasteiger charge is -2.17. The lowest BCUT2D eigenvalue weighted by atomic mass is 9.89. The Balaban J connectivity index is 1.62. The van der Waals surface area contributed by atoms with E-state index in [2.05, 4.69) is 44.8 Å². The zero-order chi connectivity index (χ0) is 14.9. The number of allylic oxidation sites excluding steroid dienone is 1. The first-order valence-corrected chi connectivity index (χ1v) is 8.49. The summed E-state index contributed by atoms with van der Waals surface area (Å²) in [5.41, 5.74) is 1.21. The summed E-state index contributed by atoms with van der Waals surface area (Å²) in [6, 6.07) is 8.01. The molecule has 114 valence electrons.